The molecule has 1 saturated heterocycles. The minimum atomic E-state index is -0.188. The Hall–Kier alpha value is -2.91. The fourth-order valence-electron chi connectivity index (χ4n) is 4.01. The van der Waals surface area contributed by atoms with Gasteiger partial charge < -0.3 is 9.47 Å². The van der Waals surface area contributed by atoms with Gasteiger partial charge in [0.2, 0.25) is 11.1 Å². The second kappa shape index (κ2) is 9.07. The minimum Gasteiger partial charge on any atom is -0.489 e. The predicted octanol–water partition coefficient (Wildman–Crippen LogP) is 3.11. The number of tetrazole rings is 1. The Balaban J connectivity index is 1.35. The van der Waals surface area contributed by atoms with Gasteiger partial charge in [0, 0.05) is 6.61 Å². The number of para-hydroxylation sites is 2. The Labute approximate surface area is 184 Å². The Morgan fingerprint density at radius 1 is 1.13 bits per heavy atom. The van der Waals surface area contributed by atoms with Crippen molar-refractivity contribution >= 4 is 23.4 Å². The molecule has 2 aromatic carbocycles. The van der Waals surface area contributed by atoms with E-state index in [1.807, 2.05) is 59.5 Å². The molecule has 2 aliphatic heterocycles. The van der Waals surface area contributed by atoms with E-state index in [-0.39, 0.29) is 23.8 Å². The van der Waals surface area contributed by atoms with Crippen LogP contribution in [0.25, 0.3) is 0 Å². The quantitative estimate of drug-likeness (QED) is 0.548. The highest BCUT2D eigenvalue weighted by Crippen LogP contribution is 2.39. The zero-order valence-electron chi connectivity index (χ0n) is 17.0. The van der Waals surface area contributed by atoms with Gasteiger partial charge in [-0.25, -0.2) is 4.68 Å². The molecular formula is C22H23N5O3S. The molecule has 1 aromatic heterocycles. The molecule has 0 saturated carbocycles. The first-order valence-corrected chi connectivity index (χ1v) is 11.4. The molecule has 5 rings (SSSR count). The molecule has 0 spiro atoms. The van der Waals surface area contributed by atoms with Gasteiger partial charge in [-0.3, -0.25) is 9.69 Å². The van der Waals surface area contributed by atoms with Gasteiger partial charge >= 0.3 is 0 Å². The van der Waals surface area contributed by atoms with Crippen LogP contribution < -0.4 is 9.64 Å². The number of thioether (sulfide) groups is 1. The Bertz CT molecular complexity index is 1040. The first-order valence-electron chi connectivity index (χ1n) is 10.4. The number of carbonyl (C=O) groups is 1. The third-order valence-electron chi connectivity index (χ3n) is 5.51. The molecule has 0 aliphatic carbocycles. The molecule has 31 heavy (non-hydrogen) atoms. The maximum absolute atomic E-state index is 13.4. The van der Waals surface area contributed by atoms with Crippen LogP contribution in [0, 0.1) is 0 Å². The molecule has 1 amide bonds. The van der Waals surface area contributed by atoms with Crippen LogP contribution in [0.3, 0.4) is 0 Å². The third-order valence-corrected chi connectivity index (χ3v) is 6.45. The van der Waals surface area contributed by atoms with Crippen molar-refractivity contribution < 1.29 is 14.3 Å². The lowest BCUT2D eigenvalue weighted by Crippen LogP contribution is -2.42. The van der Waals surface area contributed by atoms with Gasteiger partial charge in [0.1, 0.15) is 12.4 Å². The maximum atomic E-state index is 13.4. The summed E-state index contributed by atoms with van der Waals surface area (Å²) in [6.07, 6.45) is 2.20. The Morgan fingerprint density at radius 2 is 1.97 bits per heavy atom. The van der Waals surface area contributed by atoms with Gasteiger partial charge in [-0.1, -0.05) is 54.2 Å². The van der Waals surface area contributed by atoms with Crippen molar-refractivity contribution in [3.8, 4) is 5.75 Å². The Kier molecular flexibility index (Phi) is 5.86. The summed E-state index contributed by atoms with van der Waals surface area (Å²) in [5.74, 6) is 0.932. The minimum absolute atomic E-state index is 0.0127. The standard InChI is InChI=1S/C22H23N5O3S/c28-21(15-31-22-23-24-25-26(22)13-17-9-6-12-29-17)27-18-10-4-5-11-20(18)30-14-19(27)16-7-2-1-3-8-16/h1-5,7-8,10-11,17,19H,6,9,12-15H2/t17-,19-/m0/s1. The summed E-state index contributed by atoms with van der Waals surface area (Å²) in [5, 5.41) is 12.6. The molecule has 0 radical (unpaired) electrons. The van der Waals surface area contributed by atoms with Crippen LogP contribution in [0.15, 0.2) is 59.8 Å². The van der Waals surface area contributed by atoms with Crippen molar-refractivity contribution in [3.63, 3.8) is 0 Å². The predicted molar refractivity (Wildman–Crippen MR) is 116 cm³/mol. The number of hydrogen-bond acceptors (Lipinski definition) is 7. The maximum Gasteiger partial charge on any atom is 0.238 e. The number of benzene rings is 2. The Morgan fingerprint density at radius 3 is 2.81 bits per heavy atom. The molecule has 0 bridgehead atoms. The molecule has 9 heteroatoms. The zero-order chi connectivity index (χ0) is 21.0. The summed E-state index contributed by atoms with van der Waals surface area (Å²) >= 11 is 1.35. The highest BCUT2D eigenvalue weighted by atomic mass is 32.2. The van der Waals surface area contributed by atoms with Crippen LogP contribution in [0.4, 0.5) is 5.69 Å². The van der Waals surface area contributed by atoms with E-state index in [0.717, 1.165) is 36.4 Å². The van der Waals surface area contributed by atoms with E-state index in [1.165, 1.54) is 11.8 Å². The van der Waals surface area contributed by atoms with E-state index >= 15 is 0 Å². The average Bonchev–Trinajstić information content (AvgIpc) is 3.50. The van der Waals surface area contributed by atoms with E-state index in [4.69, 9.17) is 9.47 Å². The summed E-state index contributed by atoms with van der Waals surface area (Å²) < 4.78 is 13.4. The SMILES string of the molecule is O=C(CSc1nnnn1C[C@@H]1CCCO1)N1c2ccccc2OC[C@H]1c1ccccc1. The van der Waals surface area contributed by atoms with Crippen LogP contribution in [0.5, 0.6) is 5.75 Å². The second-order valence-electron chi connectivity index (χ2n) is 7.54. The largest absolute Gasteiger partial charge is 0.489 e. The van der Waals surface area contributed by atoms with E-state index in [1.54, 1.807) is 4.68 Å². The highest BCUT2D eigenvalue weighted by Gasteiger charge is 2.33. The van der Waals surface area contributed by atoms with E-state index in [0.29, 0.717) is 18.3 Å². The molecule has 0 N–H and O–H groups in total. The number of hydrogen-bond donors (Lipinski definition) is 0. The van der Waals surface area contributed by atoms with Crippen molar-refractivity contribution in [2.45, 2.75) is 36.7 Å². The van der Waals surface area contributed by atoms with Crippen molar-refractivity contribution in [1.29, 1.82) is 0 Å². The fraction of sp³-hybridized carbons (Fsp3) is 0.364. The lowest BCUT2D eigenvalue weighted by Gasteiger charge is -2.37. The van der Waals surface area contributed by atoms with E-state index < -0.39 is 0 Å². The van der Waals surface area contributed by atoms with Crippen LogP contribution in [-0.2, 0) is 16.1 Å². The molecule has 8 nitrogen and oxygen atoms in total. The monoisotopic (exact) mass is 437 g/mol. The van der Waals surface area contributed by atoms with Gasteiger partial charge in [0.15, 0.2) is 0 Å². The van der Waals surface area contributed by atoms with Crippen LogP contribution in [0.1, 0.15) is 24.4 Å². The van der Waals surface area contributed by atoms with Gasteiger partial charge in [0.05, 0.1) is 30.1 Å². The van der Waals surface area contributed by atoms with Gasteiger partial charge in [-0.15, -0.1) is 5.10 Å². The van der Waals surface area contributed by atoms with Crippen molar-refractivity contribution in [2.75, 3.05) is 23.9 Å². The number of ether oxygens (including phenoxy) is 2. The van der Waals surface area contributed by atoms with Gasteiger partial charge in [-0.05, 0) is 41.0 Å². The smallest absolute Gasteiger partial charge is 0.238 e. The van der Waals surface area contributed by atoms with Crippen molar-refractivity contribution in [1.82, 2.24) is 20.2 Å². The summed E-state index contributed by atoms with van der Waals surface area (Å²) in [4.78, 5) is 15.3. The lowest BCUT2D eigenvalue weighted by atomic mass is 10.0. The first-order chi connectivity index (χ1) is 15.3. The summed E-state index contributed by atoms with van der Waals surface area (Å²) in [6.45, 7) is 1.80. The third kappa shape index (κ3) is 4.28. The normalized spacial score (nSPS) is 20.3. The van der Waals surface area contributed by atoms with E-state index in [2.05, 4.69) is 15.5 Å². The molecule has 1 fully saturated rings. The number of carbonyl (C=O) groups excluding carboxylic acids is 1. The number of amides is 1. The van der Waals surface area contributed by atoms with Gasteiger partial charge in [0.25, 0.3) is 0 Å². The number of rotatable bonds is 6. The van der Waals surface area contributed by atoms with E-state index in [9.17, 15) is 4.79 Å². The molecule has 3 aromatic rings. The highest BCUT2D eigenvalue weighted by molar-refractivity contribution is 7.99. The topological polar surface area (TPSA) is 82.4 Å². The molecule has 160 valence electrons. The molecule has 2 atom stereocenters. The van der Waals surface area contributed by atoms with Crippen LogP contribution in [-0.4, -0.2) is 51.2 Å². The molecule has 0 unspecified atom stereocenters. The van der Waals surface area contributed by atoms with Crippen molar-refractivity contribution in [3.05, 3.63) is 60.2 Å². The number of nitrogens with zero attached hydrogens (tertiary/aromatic N) is 5. The van der Waals surface area contributed by atoms with Crippen LogP contribution in [0.2, 0.25) is 0 Å². The van der Waals surface area contributed by atoms with Crippen molar-refractivity contribution in [2.24, 2.45) is 0 Å². The summed E-state index contributed by atoms with van der Waals surface area (Å²) in [6, 6.07) is 17.4. The van der Waals surface area contributed by atoms with Gasteiger partial charge in [-0.2, -0.15) is 0 Å². The second-order valence-corrected chi connectivity index (χ2v) is 8.48. The average molecular weight is 438 g/mol. The first kappa shape index (κ1) is 20.0. The molecular weight excluding hydrogens is 414 g/mol. The summed E-state index contributed by atoms with van der Waals surface area (Å²) in [5.41, 5.74) is 1.82. The lowest BCUT2D eigenvalue weighted by molar-refractivity contribution is -0.117. The molecule has 3 heterocycles. The number of aromatic nitrogens is 4. The fourth-order valence-corrected chi connectivity index (χ4v) is 4.76. The molecule has 2 aliphatic rings. The zero-order valence-corrected chi connectivity index (χ0v) is 17.8. The summed E-state index contributed by atoms with van der Waals surface area (Å²) in [7, 11) is 0. The number of fused-ring (bicyclic) bond motifs is 1. The van der Waals surface area contributed by atoms with Crippen LogP contribution >= 0.6 is 11.8 Å². The number of anilines is 1.